The number of hydrogen-bond donors (Lipinski definition) is 1. The van der Waals surface area contributed by atoms with Gasteiger partial charge in [0.2, 0.25) is 0 Å². The largest absolute Gasteiger partial charge is 0.481 e. The highest BCUT2D eigenvalue weighted by atomic mass is 79.9. The zero-order valence-corrected chi connectivity index (χ0v) is 12.4. The fourth-order valence-electron chi connectivity index (χ4n) is 2.20. The van der Waals surface area contributed by atoms with Gasteiger partial charge in [0, 0.05) is 17.6 Å². The lowest BCUT2D eigenvalue weighted by molar-refractivity contribution is -0.143. The molecule has 1 aliphatic rings. The Morgan fingerprint density at radius 3 is 2.84 bits per heavy atom. The smallest absolute Gasteiger partial charge is 0.308 e. The molecule has 1 heterocycles. The number of rotatable bonds is 2. The van der Waals surface area contributed by atoms with Gasteiger partial charge in [-0.05, 0) is 40.9 Å². The van der Waals surface area contributed by atoms with Gasteiger partial charge in [-0.15, -0.1) is 0 Å². The molecule has 1 N–H and O–H groups in total. The predicted octanol–water partition coefficient (Wildman–Crippen LogP) is 3.04. The molecule has 2 rings (SSSR count). The SMILES string of the molecule is O=C(O)[C@H]1CCCN(C(=O)c2cccc(Br)c2Cl)C1. The van der Waals surface area contributed by atoms with E-state index < -0.39 is 11.9 Å². The molecule has 0 aromatic heterocycles. The van der Waals surface area contributed by atoms with E-state index >= 15 is 0 Å². The second-order valence-corrected chi connectivity index (χ2v) is 5.76. The summed E-state index contributed by atoms with van der Waals surface area (Å²) in [6.45, 7) is 0.822. The summed E-state index contributed by atoms with van der Waals surface area (Å²) < 4.78 is 0.659. The molecule has 1 saturated heterocycles. The number of likely N-dealkylation sites (tertiary alicyclic amines) is 1. The van der Waals surface area contributed by atoms with E-state index in [4.69, 9.17) is 16.7 Å². The van der Waals surface area contributed by atoms with Gasteiger partial charge in [0.25, 0.3) is 5.91 Å². The van der Waals surface area contributed by atoms with Gasteiger partial charge in [-0.3, -0.25) is 9.59 Å². The van der Waals surface area contributed by atoms with E-state index in [1.807, 2.05) is 0 Å². The molecule has 0 unspecified atom stereocenters. The summed E-state index contributed by atoms with van der Waals surface area (Å²) in [6, 6.07) is 5.15. The normalized spacial score (nSPS) is 19.3. The number of hydrogen-bond acceptors (Lipinski definition) is 2. The zero-order chi connectivity index (χ0) is 14.0. The summed E-state index contributed by atoms with van der Waals surface area (Å²) in [4.78, 5) is 24.9. The molecular formula is C13H13BrClNO3. The Morgan fingerprint density at radius 2 is 2.16 bits per heavy atom. The maximum Gasteiger partial charge on any atom is 0.308 e. The van der Waals surface area contributed by atoms with E-state index in [1.54, 1.807) is 23.1 Å². The molecule has 4 nitrogen and oxygen atoms in total. The number of nitrogens with zero attached hydrogens (tertiary/aromatic N) is 1. The van der Waals surface area contributed by atoms with E-state index in [-0.39, 0.29) is 12.5 Å². The summed E-state index contributed by atoms with van der Waals surface area (Å²) in [5.74, 6) is -1.54. The van der Waals surface area contributed by atoms with Gasteiger partial charge in [-0.2, -0.15) is 0 Å². The fourth-order valence-corrected chi connectivity index (χ4v) is 2.78. The third kappa shape index (κ3) is 3.09. The van der Waals surface area contributed by atoms with Crippen molar-refractivity contribution in [3.05, 3.63) is 33.3 Å². The van der Waals surface area contributed by atoms with Crippen LogP contribution in [0, 0.1) is 5.92 Å². The molecule has 6 heteroatoms. The molecule has 1 aromatic rings. The van der Waals surface area contributed by atoms with Crippen molar-refractivity contribution in [2.75, 3.05) is 13.1 Å². The topological polar surface area (TPSA) is 57.6 Å². The van der Waals surface area contributed by atoms with Crippen LogP contribution in [-0.4, -0.2) is 35.0 Å². The predicted molar refractivity (Wildman–Crippen MR) is 75.4 cm³/mol. The van der Waals surface area contributed by atoms with Crippen LogP contribution in [0.5, 0.6) is 0 Å². The van der Waals surface area contributed by atoms with Crippen LogP contribution in [0.25, 0.3) is 0 Å². The Labute approximate surface area is 124 Å². The van der Waals surface area contributed by atoms with Crippen molar-refractivity contribution in [1.82, 2.24) is 4.90 Å². The molecule has 1 aromatic carbocycles. The molecule has 0 bridgehead atoms. The molecule has 1 atom stereocenters. The summed E-state index contributed by atoms with van der Waals surface area (Å²) >= 11 is 9.37. The quantitative estimate of drug-likeness (QED) is 0.895. The van der Waals surface area contributed by atoms with Gasteiger partial charge < -0.3 is 10.0 Å². The molecule has 0 radical (unpaired) electrons. The minimum Gasteiger partial charge on any atom is -0.481 e. The van der Waals surface area contributed by atoms with Crippen LogP contribution >= 0.6 is 27.5 Å². The van der Waals surface area contributed by atoms with E-state index in [0.717, 1.165) is 0 Å². The van der Waals surface area contributed by atoms with E-state index in [1.165, 1.54) is 0 Å². The second kappa shape index (κ2) is 5.92. The highest BCUT2D eigenvalue weighted by Crippen LogP contribution is 2.28. The van der Waals surface area contributed by atoms with Crippen LogP contribution in [0.3, 0.4) is 0 Å². The van der Waals surface area contributed by atoms with E-state index in [0.29, 0.717) is 34.4 Å². The first-order valence-corrected chi connectivity index (χ1v) is 7.14. The standard InChI is InChI=1S/C13H13BrClNO3/c14-10-5-1-4-9(11(10)15)12(17)16-6-2-3-8(7-16)13(18)19/h1,4-5,8H,2-3,6-7H2,(H,18,19)/t8-/m0/s1. The van der Waals surface area contributed by atoms with Crippen LogP contribution in [0.4, 0.5) is 0 Å². The van der Waals surface area contributed by atoms with Crippen molar-refractivity contribution in [3.63, 3.8) is 0 Å². The molecule has 1 amide bonds. The van der Waals surface area contributed by atoms with Gasteiger partial charge >= 0.3 is 5.97 Å². The van der Waals surface area contributed by atoms with Crippen LogP contribution in [0.2, 0.25) is 5.02 Å². The number of halogens is 2. The van der Waals surface area contributed by atoms with Gasteiger partial charge in [-0.25, -0.2) is 0 Å². The summed E-state index contributed by atoms with van der Waals surface area (Å²) in [5.41, 5.74) is 0.405. The maximum absolute atomic E-state index is 12.4. The molecule has 0 saturated carbocycles. The first-order chi connectivity index (χ1) is 9.00. The molecule has 19 heavy (non-hydrogen) atoms. The molecular weight excluding hydrogens is 334 g/mol. The van der Waals surface area contributed by atoms with Gasteiger partial charge in [0.15, 0.2) is 0 Å². The first kappa shape index (κ1) is 14.3. The van der Waals surface area contributed by atoms with Crippen LogP contribution in [0.15, 0.2) is 22.7 Å². The lowest BCUT2D eigenvalue weighted by atomic mass is 9.97. The fraction of sp³-hybridized carbons (Fsp3) is 0.385. The van der Waals surface area contributed by atoms with Gasteiger partial charge in [-0.1, -0.05) is 17.7 Å². The minimum absolute atomic E-state index is 0.211. The molecule has 1 aliphatic heterocycles. The number of carboxylic acids is 1. The number of benzene rings is 1. The van der Waals surface area contributed by atoms with Crippen molar-refractivity contribution in [3.8, 4) is 0 Å². The van der Waals surface area contributed by atoms with Crippen LogP contribution in [-0.2, 0) is 4.79 Å². The summed E-state index contributed by atoms with van der Waals surface area (Å²) in [6.07, 6.45) is 1.32. The number of carbonyl (C=O) groups is 2. The van der Waals surface area contributed by atoms with Crippen molar-refractivity contribution < 1.29 is 14.7 Å². The molecule has 0 aliphatic carbocycles. The minimum atomic E-state index is -0.849. The molecule has 0 spiro atoms. The van der Waals surface area contributed by atoms with Crippen molar-refractivity contribution in [2.45, 2.75) is 12.8 Å². The number of carbonyl (C=O) groups excluding carboxylic acids is 1. The zero-order valence-electron chi connectivity index (χ0n) is 10.1. The number of piperidine rings is 1. The average Bonchev–Trinajstić information content (AvgIpc) is 2.41. The first-order valence-electron chi connectivity index (χ1n) is 5.97. The number of amides is 1. The number of carboxylic acid groups (broad SMARTS) is 1. The Bertz CT molecular complexity index is 521. The average molecular weight is 347 g/mol. The number of aliphatic carboxylic acids is 1. The molecule has 102 valence electrons. The van der Waals surface area contributed by atoms with Crippen molar-refractivity contribution >= 4 is 39.4 Å². The third-order valence-corrected chi connectivity index (χ3v) is 4.54. The van der Waals surface area contributed by atoms with Gasteiger partial charge in [0.1, 0.15) is 0 Å². The van der Waals surface area contributed by atoms with Crippen LogP contribution in [0.1, 0.15) is 23.2 Å². The van der Waals surface area contributed by atoms with Crippen molar-refractivity contribution in [1.29, 1.82) is 0 Å². The summed E-state index contributed by atoms with van der Waals surface area (Å²) in [7, 11) is 0. The van der Waals surface area contributed by atoms with Crippen molar-refractivity contribution in [2.24, 2.45) is 5.92 Å². The third-order valence-electron chi connectivity index (χ3n) is 3.24. The highest BCUT2D eigenvalue weighted by molar-refractivity contribution is 9.10. The van der Waals surface area contributed by atoms with E-state index in [2.05, 4.69) is 15.9 Å². The summed E-state index contributed by atoms with van der Waals surface area (Å²) in [5, 5.41) is 9.40. The monoisotopic (exact) mass is 345 g/mol. The Morgan fingerprint density at radius 1 is 1.42 bits per heavy atom. The highest BCUT2D eigenvalue weighted by Gasteiger charge is 2.29. The molecule has 1 fully saturated rings. The van der Waals surface area contributed by atoms with Gasteiger partial charge in [0.05, 0.1) is 16.5 Å². The van der Waals surface area contributed by atoms with Crippen LogP contribution < -0.4 is 0 Å². The lowest BCUT2D eigenvalue weighted by Gasteiger charge is -2.31. The Hall–Kier alpha value is -1.07. The Kier molecular flexibility index (Phi) is 4.47. The second-order valence-electron chi connectivity index (χ2n) is 4.53. The Balaban J connectivity index is 2.19. The maximum atomic E-state index is 12.4. The van der Waals surface area contributed by atoms with E-state index in [9.17, 15) is 9.59 Å². The lowest BCUT2D eigenvalue weighted by Crippen LogP contribution is -2.42.